The third kappa shape index (κ3) is 3.90. The normalized spacial score (nSPS) is 15.6. The topological polar surface area (TPSA) is 65.1 Å². The number of hydrogen-bond acceptors (Lipinski definition) is 6. The van der Waals surface area contributed by atoms with Crippen LogP contribution in [0.25, 0.3) is 11.5 Å². The molecule has 1 N–H and O–H groups in total. The summed E-state index contributed by atoms with van der Waals surface area (Å²) in [5, 5.41) is 14.9. The fourth-order valence-electron chi connectivity index (χ4n) is 3.47. The number of hydrogen-bond donors (Lipinski definition) is 1. The van der Waals surface area contributed by atoms with E-state index >= 15 is 0 Å². The van der Waals surface area contributed by atoms with Crippen molar-refractivity contribution in [3.63, 3.8) is 0 Å². The summed E-state index contributed by atoms with van der Waals surface area (Å²) in [6.07, 6.45) is 2.48. The van der Waals surface area contributed by atoms with Crippen molar-refractivity contribution in [2.24, 2.45) is 0 Å². The van der Waals surface area contributed by atoms with Crippen molar-refractivity contribution in [1.82, 2.24) is 9.88 Å². The summed E-state index contributed by atoms with van der Waals surface area (Å²) in [7, 11) is 0. The van der Waals surface area contributed by atoms with Gasteiger partial charge >= 0.3 is 0 Å². The minimum Gasteiger partial charge on any atom is -0.419 e. The first-order valence-corrected chi connectivity index (χ1v) is 10.1. The molecule has 0 bridgehead atoms. The molecule has 0 saturated carbocycles. The summed E-state index contributed by atoms with van der Waals surface area (Å²) in [6, 6.07) is 14.7. The molecule has 138 valence electrons. The minimum absolute atomic E-state index is 0.284. The van der Waals surface area contributed by atoms with Gasteiger partial charge in [-0.1, -0.05) is 23.8 Å². The van der Waals surface area contributed by atoms with Crippen LogP contribution in [0.15, 0.2) is 46.2 Å². The van der Waals surface area contributed by atoms with E-state index in [1.54, 1.807) is 11.3 Å². The summed E-state index contributed by atoms with van der Waals surface area (Å²) in [4.78, 5) is 8.20. The van der Waals surface area contributed by atoms with E-state index in [0.717, 1.165) is 18.7 Å². The second-order valence-electron chi connectivity index (χ2n) is 6.83. The molecule has 1 aromatic carbocycles. The molecule has 1 aliphatic heterocycles. The molecule has 4 rings (SSSR count). The van der Waals surface area contributed by atoms with E-state index in [4.69, 9.17) is 4.42 Å². The smallest absolute Gasteiger partial charge is 0.232 e. The molecule has 1 saturated heterocycles. The van der Waals surface area contributed by atoms with Crippen LogP contribution in [0.4, 0.5) is 5.88 Å². The third-order valence-electron chi connectivity index (χ3n) is 4.94. The maximum atomic E-state index is 9.46. The lowest BCUT2D eigenvalue weighted by molar-refractivity contribution is 0.258. The van der Waals surface area contributed by atoms with Gasteiger partial charge in [0.25, 0.3) is 0 Å². The van der Waals surface area contributed by atoms with Gasteiger partial charge in [-0.3, -0.25) is 4.90 Å². The molecular formula is C21H22N4OS. The molecule has 0 radical (unpaired) electrons. The van der Waals surface area contributed by atoms with E-state index in [0.29, 0.717) is 24.0 Å². The Morgan fingerprint density at radius 2 is 2.04 bits per heavy atom. The Hall–Kier alpha value is -2.62. The average Bonchev–Trinajstić information content (AvgIpc) is 3.45. The number of thiophene rings is 1. The number of nitrogens with zero attached hydrogens (tertiary/aromatic N) is 3. The zero-order valence-corrected chi connectivity index (χ0v) is 16.1. The highest BCUT2D eigenvalue weighted by Crippen LogP contribution is 2.30. The Morgan fingerprint density at radius 1 is 1.26 bits per heavy atom. The molecule has 6 heteroatoms. The van der Waals surface area contributed by atoms with Gasteiger partial charge in [0.2, 0.25) is 17.5 Å². The minimum atomic E-state index is 0.284. The maximum Gasteiger partial charge on any atom is 0.232 e. The fourth-order valence-corrected chi connectivity index (χ4v) is 4.33. The highest BCUT2D eigenvalue weighted by atomic mass is 32.1. The van der Waals surface area contributed by atoms with E-state index in [1.807, 2.05) is 31.2 Å². The van der Waals surface area contributed by atoms with Crippen molar-refractivity contribution >= 4 is 17.2 Å². The Kier molecular flexibility index (Phi) is 5.23. The largest absolute Gasteiger partial charge is 0.419 e. The van der Waals surface area contributed by atoms with Gasteiger partial charge in [0, 0.05) is 17.0 Å². The lowest BCUT2D eigenvalue weighted by atomic mass is 10.1. The van der Waals surface area contributed by atoms with Gasteiger partial charge in [-0.15, -0.1) is 11.3 Å². The molecule has 0 aliphatic carbocycles. The number of likely N-dealkylation sites (tertiary alicyclic amines) is 1. The Balaban J connectivity index is 1.54. The summed E-state index contributed by atoms with van der Waals surface area (Å²) >= 11 is 1.77. The predicted octanol–water partition coefficient (Wildman–Crippen LogP) is 4.83. The Labute approximate surface area is 163 Å². The molecule has 0 spiro atoms. The second-order valence-corrected chi connectivity index (χ2v) is 7.81. The van der Waals surface area contributed by atoms with Crippen LogP contribution in [-0.2, 0) is 0 Å². The van der Waals surface area contributed by atoms with Gasteiger partial charge in [0.1, 0.15) is 6.07 Å². The van der Waals surface area contributed by atoms with E-state index in [1.165, 1.54) is 23.3 Å². The quantitative estimate of drug-likeness (QED) is 0.665. The number of aryl methyl sites for hydroxylation is 1. The number of benzene rings is 1. The number of nitriles is 1. The van der Waals surface area contributed by atoms with Crippen molar-refractivity contribution in [2.75, 3.05) is 25.0 Å². The van der Waals surface area contributed by atoms with Crippen LogP contribution in [0.5, 0.6) is 0 Å². The van der Waals surface area contributed by atoms with Crippen LogP contribution in [-0.4, -0.2) is 29.5 Å². The first-order chi connectivity index (χ1) is 13.2. The van der Waals surface area contributed by atoms with Gasteiger partial charge in [-0.25, -0.2) is 0 Å². The molecule has 3 heterocycles. The van der Waals surface area contributed by atoms with Crippen LogP contribution in [0.2, 0.25) is 0 Å². The molecule has 1 fully saturated rings. The van der Waals surface area contributed by atoms with Gasteiger partial charge < -0.3 is 9.73 Å². The molecule has 5 nitrogen and oxygen atoms in total. The molecule has 0 unspecified atom stereocenters. The van der Waals surface area contributed by atoms with E-state index < -0.39 is 0 Å². The van der Waals surface area contributed by atoms with Gasteiger partial charge in [0.15, 0.2) is 0 Å². The standard InChI is InChI=1S/C21H22N4OS/c1-15-6-8-16(9-7-15)20-24-17(13-22)21(26-20)23-14-18(19-5-4-12-27-19)25-10-2-3-11-25/h4-9,12,18,23H,2-3,10-11,14H2,1H3/t18-/m1/s1. The van der Waals surface area contributed by atoms with Gasteiger partial charge in [-0.2, -0.15) is 10.2 Å². The van der Waals surface area contributed by atoms with E-state index in [2.05, 4.69) is 38.8 Å². The number of anilines is 1. The molecule has 1 atom stereocenters. The maximum absolute atomic E-state index is 9.46. The predicted molar refractivity (Wildman–Crippen MR) is 108 cm³/mol. The van der Waals surface area contributed by atoms with Crippen LogP contribution in [0.1, 0.15) is 35.0 Å². The Morgan fingerprint density at radius 3 is 2.70 bits per heavy atom. The third-order valence-corrected chi connectivity index (χ3v) is 5.91. The lowest BCUT2D eigenvalue weighted by Crippen LogP contribution is -2.30. The van der Waals surface area contributed by atoms with E-state index in [9.17, 15) is 5.26 Å². The molecule has 1 aliphatic rings. The van der Waals surface area contributed by atoms with Crippen LogP contribution in [0, 0.1) is 18.3 Å². The number of aromatic nitrogens is 1. The molecule has 2 aromatic heterocycles. The zero-order chi connectivity index (χ0) is 18.6. The van der Waals surface area contributed by atoms with Gasteiger partial charge in [0.05, 0.1) is 6.04 Å². The summed E-state index contributed by atoms with van der Waals surface area (Å²) in [5.41, 5.74) is 2.35. The number of nitrogens with one attached hydrogen (secondary N) is 1. The highest BCUT2D eigenvalue weighted by molar-refractivity contribution is 7.10. The van der Waals surface area contributed by atoms with Crippen molar-refractivity contribution in [2.45, 2.75) is 25.8 Å². The zero-order valence-electron chi connectivity index (χ0n) is 15.3. The average molecular weight is 379 g/mol. The first kappa shape index (κ1) is 17.8. The Bertz CT molecular complexity index is 918. The lowest BCUT2D eigenvalue weighted by Gasteiger charge is -2.26. The highest BCUT2D eigenvalue weighted by Gasteiger charge is 2.25. The summed E-state index contributed by atoms with van der Waals surface area (Å²) < 4.78 is 5.90. The number of rotatable bonds is 6. The van der Waals surface area contributed by atoms with Crippen LogP contribution >= 0.6 is 11.3 Å². The first-order valence-electron chi connectivity index (χ1n) is 9.24. The molecule has 0 amide bonds. The van der Waals surface area contributed by atoms with Crippen molar-refractivity contribution in [3.8, 4) is 17.5 Å². The van der Waals surface area contributed by atoms with Crippen LogP contribution < -0.4 is 5.32 Å². The fraction of sp³-hybridized carbons (Fsp3) is 0.333. The van der Waals surface area contributed by atoms with Crippen LogP contribution in [0.3, 0.4) is 0 Å². The summed E-state index contributed by atoms with van der Waals surface area (Å²) in [6.45, 7) is 4.95. The van der Waals surface area contributed by atoms with E-state index in [-0.39, 0.29) is 6.04 Å². The van der Waals surface area contributed by atoms with Gasteiger partial charge in [-0.05, 0) is 56.4 Å². The van der Waals surface area contributed by atoms with Crippen molar-refractivity contribution in [1.29, 1.82) is 5.26 Å². The SMILES string of the molecule is Cc1ccc(-c2nc(C#N)c(NC[C@H](c3cccs3)N3CCCC3)o2)cc1. The molecular weight excluding hydrogens is 356 g/mol. The monoisotopic (exact) mass is 378 g/mol. The summed E-state index contributed by atoms with van der Waals surface area (Å²) in [5.74, 6) is 0.928. The van der Waals surface area contributed by atoms with Crippen molar-refractivity contribution in [3.05, 3.63) is 57.9 Å². The van der Waals surface area contributed by atoms with Crippen molar-refractivity contribution < 1.29 is 4.42 Å². The number of oxazole rings is 1. The molecule has 27 heavy (non-hydrogen) atoms. The molecule has 3 aromatic rings. The second kappa shape index (κ2) is 7.95.